The molecule has 3 aromatic carbocycles. The van der Waals surface area contributed by atoms with Crippen molar-refractivity contribution in [2.24, 2.45) is 0 Å². The van der Waals surface area contributed by atoms with Crippen LogP contribution in [0.25, 0.3) is 0 Å². The highest BCUT2D eigenvalue weighted by atomic mass is 32.2. The van der Waals surface area contributed by atoms with E-state index in [2.05, 4.69) is 10.6 Å². The molecule has 2 N–H and O–H groups in total. The Morgan fingerprint density at radius 1 is 0.968 bits per heavy atom. The number of methoxy groups -OCH3 is 1. The van der Waals surface area contributed by atoms with Crippen molar-refractivity contribution in [3.8, 4) is 5.75 Å². The Balaban J connectivity index is 1.85. The molecule has 0 radical (unpaired) electrons. The lowest BCUT2D eigenvalue weighted by Gasteiger charge is -2.14. The predicted molar refractivity (Wildman–Crippen MR) is 119 cm³/mol. The summed E-state index contributed by atoms with van der Waals surface area (Å²) < 4.78 is 30.9. The second kappa shape index (κ2) is 9.99. The Bertz CT molecular complexity index is 1150. The van der Waals surface area contributed by atoms with Gasteiger partial charge in [-0.2, -0.15) is 0 Å². The van der Waals surface area contributed by atoms with Crippen LogP contribution in [0, 0.1) is 5.82 Å². The Kier molecular flexibility index (Phi) is 7.15. The molecule has 0 saturated carbocycles. The van der Waals surface area contributed by atoms with Gasteiger partial charge in [0.1, 0.15) is 11.6 Å². The van der Waals surface area contributed by atoms with E-state index in [1.165, 1.54) is 31.4 Å². The molecule has 0 spiro atoms. The number of hydrogen-bond acceptors (Lipinski definition) is 4. The Hall–Kier alpha value is -3.52. The molecule has 3 aromatic rings. The first-order chi connectivity index (χ1) is 14.9. The van der Waals surface area contributed by atoms with E-state index in [0.29, 0.717) is 33.3 Å². The third-order valence-corrected chi connectivity index (χ3v) is 5.80. The number of nitrogens with one attached hydrogen (secondary N) is 2. The topological polar surface area (TPSA) is 84.5 Å². The fourth-order valence-electron chi connectivity index (χ4n) is 2.91. The van der Waals surface area contributed by atoms with Crippen LogP contribution in [0.3, 0.4) is 0 Å². The Morgan fingerprint density at radius 2 is 1.74 bits per heavy atom. The van der Waals surface area contributed by atoms with Crippen LogP contribution >= 0.6 is 0 Å². The van der Waals surface area contributed by atoms with Crippen molar-refractivity contribution in [1.82, 2.24) is 0 Å². The van der Waals surface area contributed by atoms with Gasteiger partial charge >= 0.3 is 0 Å². The van der Waals surface area contributed by atoms with Gasteiger partial charge in [0, 0.05) is 17.0 Å². The molecule has 0 aliphatic carbocycles. The van der Waals surface area contributed by atoms with Gasteiger partial charge < -0.3 is 15.4 Å². The molecule has 160 valence electrons. The normalized spacial score (nSPS) is 11.5. The second-order valence-electron chi connectivity index (χ2n) is 6.46. The van der Waals surface area contributed by atoms with E-state index in [9.17, 15) is 18.2 Å². The number of hydrogen-bond donors (Lipinski definition) is 2. The number of halogens is 1. The van der Waals surface area contributed by atoms with Gasteiger partial charge in [-0.3, -0.25) is 13.8 Å². The van der Waals surface area contributed by atoms with Gasteiger partial charge in [-0.05, 0) is 48.5 Å². The summed E-state index contributed by atoms with van der Waals surface area (Å²) in [5, 5.41) is 5.42. The highest BCUT2D eigenvalue weighted by Gasteiger charge is 2.16. The average Bonchev–Trinajstić information content (AvgIpc) is 2.78. The van der Waals surface area contributed by atoms with Gasteiger partial charge in [-0.25, -0.2) is 4.39 Å². The maximum Gasteiger partial charge on any atom is 0.256 e. The fourth-order valence-corrected chi connectivity index (χ4v) is 3.86. The Morgan fingerprint density at radius 3 is 2.45 bits per heavy atom. The van der Waals surface area contributed by atoms with E-state index in [4.69, 9.17) is 4.74 Å². The highest BCUT2D eigenvalue weighted by Crippen LogP contribution is 2.29. The average molecular weight is 440 g/mol. The van der Waals surface area contributed by atoms with Crippen molar-refractivity contribution in [2.75, 3.05) is 23.5 Å². The summed E-state index contributed by atoms with van der Waals surface area (Å²) in [7, 11) is 0.157. The number of carbonyl (C=O) groups is 2. The van der Waals surface area contributed by atoms with Gasteiger partial charge in [0.05, 0.1) is 34.1 Å². The first-order valence-electron chi connectivity index (χ1n) is 9.46. The molecule has 3 rings (SSSR count). The molecule has 1 unspecified atom stereocenters. The lowest BCUT2D eigenvalue weighted by Crippen LogP contribution is -2.16. The summed E-state index contributed by atoms with van der Waals surface area (Å²) in [6.07, 6.45) is 0. The molecular weight excluding hydrogens is 419 g/mol. The molecule has 1 atom stereocenters. The minimum absolute atomic E-state index is 0.146. The summed E-state index contributed by atoms with van der Waals surface area (Å²) in [6.45, 7) is 1.78. The van der Waals surface area contributed by atoms with Crippen molar-refractivity contribution < 1.29 is 22.9 Å². The first kappa shape index (κ1) is 22.2. The zero-order chi connectivity index (χ0) is 22.4. The van der Waals surface area contributed by atoms with Crippen molar-refractivity contribution in [3.63, 3.8) is 0 Å². The summed E-state index contributed by atoms with van der Waals surface area (Å²) in [5.74, 6) is -0.711. The number of carbonyl (C=O) groups excluding carboxylic acids is 2. The molecule has 0 saturated heterocycles. The van der Waals surface area contributed by atoms with Gasteiger partial charge in [-0.1, -0.05) is 25.1 Å². The number of amides is 2. The van der Waals surface area contributed by atoms with Gasteiger partial charge in [-0.15, -0.1) is 0 Å². The van der Waals surface area contributed by atoms with Crippen LogP contribution in [0.2, 0.25) is 0 Å². The maximum absolute atomic E-state index is 13.4. The van der Waals surface area contributed by atoms with Crippen LogP contribution in [-0.2, 0) is 10.8 Å². The molecule has 0 heterocycles. The molecule has 0 aromatic heterocycles. The van der Waals surface area contributed by atoms with Crippen molar-refractivity contribution in [1.29, 1.82) is 0 Å². The van der Waals surface area contributed by atoms with E-state index in [1.807, 2.05) is 0 Å². The van der Waals surface area contributed by atoms with E-state index in [0.717, 1.165) is 6.07 Å². The quantitative estimate of drug-likeness (QED) is 0.568. The highest BCUT2D eigenvalue weighted by molar-refractivity contribution is 7.85. The number of benzene rings is 3. The van der Waals surface area contributed by atoms with Crippen LogP contribution in [0.1, 0.15) is 27.6 Å². The predicted octanol–water partition coefficient (Wildman–Crippen LogP) is 4.47. The lowest BCUT2D eigenvalue weighted by molar-refractivity contribution is 0.101. The van der Waals surface area contributed by atoms with Gasteiger partial charge in [0.25, 0.3) is 11.8 Å². The molecule has 0 aliphatic heterocycles. The molecule has 0 aliphatic rings. The number of anilines is 2. The molecule has 6 nitrogen and oxygen atoms in total. The minimum Gasteiger partial charge on any atom is -0.495 e. The molecule has 2 amide bonds. The van der Waals surface area contributed by atoms with E-state index in [-0.39, 0.29) is 5.56 Å². The fraction of sp³-hybridized carbons (Fsp3) is 0.130. The molecule has 8 heteroatoms. The van der Waals surface area contributed by atoms with Crippen molar-refractivity contribution in [2.45, 2.75) is 11.8 Å². The van der Waals surface area contributed by atoms with E-state index < -0.39 is 28.4 Å². The number of ether oxygens (including phenoxy) is 1. The molecule has 31 heavy (non-hydrogen) atoms. The molecular formula is C23H21FN2O4S. The summed E-state index contributed by atoms with van der Waals surface area (Å²) in [6, 6.07) is 16.7. The van der Waals surface area contributed by atoms with Crippen LogP contribution in [-0.4, -0.2) is 28.9 Å². The lowest BCUT2D eigenvalue weighted by atomic mass is 10.1. The molecule has 0 fully saturated rings. The Labute approximate surface area is 181 Å². The zero-order valence-electron chi connectivity index (χ0n) is 17.0. The summed E-state index contributed by atoms with van der Waals surface area (Å²) in [4.78, 5) is 25.7. The van der Waals surface area contributed by atoms with Crippen LogP contribution in [0.15, 0.2) is 71.6 Å². The number of rotatable bonds is 7. The van der Waals surface area contributed by atoms with Crippen LogP contribution in [0.4, 0.5) is 15.8 Å². The zero-order valence-corrected chi connectivity index (χ0v) is 17.8. The third kappa shape index (κ3) is 5.35. The minimum atomic E-state index is -1.29. The van der Waals surface area contributed by atoms with Crippen LogP contribution in [0.5, 0.6) is 5.75 Å². The largest absolute Gasteiger partial charge is 0.495 e. The van der Waals surface area contributed by atoms with Gasteiger partial charge in [0.2, 0.25) is 0 Å². The monoisotopic (exact) mass is 440 g/mol. The SMILES string of the molecule is CCS(=O)c1ccccc1C(=O)Nc1ccc(OC)c(NC(=O)c2cccc(F)c2)c1. The first-order valence-corrected chi connectivity index (χ1v) is 10.8. The smallest absolute Gasteiger partial charge is 0.256 e. The third-order valence-electron chi connectivity index (χ3n) is 4.43. The van der Waals surface area contributed by atoms with E-state index >= 15 is 0 Å². The summed E-state index contributed by atoms with van der Waals surface area (Å²) >= 11 is 0. The second-order valence-corrected chi connectivity index (χ2v) is 8.17. The van der Waals surface area contributed by atoms with Gasteiger partial charge in [0.15, 0.2) is 0 Å². The van der Waals surface area contributed by atoms with E-state index in [1.54, 1.807) is 43.3 Å². The standard InChI is InChI=1S/C23H21FN2O4S/c1-3-31(29)21-10-5-4-9-18(21)23(28)25-17-11-12-20(30-2)19(14-17)26-22(27)15-7-6-8-16(24)13-15/h4-14H,3H2,1-2H3,(H,25,28)(H,26,27). The van der Waals surface area contributed by atoms with Crippen molar-refractivity contribution >= 4 is 34.0 Å². The molecule has 0 bridgehead atoms. The summed E-state index contributed by atoms with van der Waals surface area (Å²) in [5.41, 5.74) is 1.16. The van der Waals surface area contributed by atoms with Crippen LogP contribution < -0.4 is 15.4 Å². The van der Waals surface area contributed by atoms with Crippen molar-refractivity contribution in [3.05, 3.63) is 83.7 Å². The maximum atomic E-state index is 13.4.